The fraction of sp³-hybridized carbons (Fsp3) is 0.750. The molecule has 0 saturated carbocycles. The number of hydrogen-bond acceptors (Lipinski definition) is 3. The molecular weight excluding hydrogens is 335 g/mol. The van der Waals surface area contributed by atoms with E-state index >= 15 is 0 Å². The summed E-state index contributed by atoms with van der Waals surface area (Å²) in [5.74, 6) is -1.38. The maximum absolute atomic E-state index is 10.3. The van der Waals surface area contributed by atoms with Crippen LogP contribution < -0.4 is 0 Å². The standard InChI is InChI=1S/C12H19IO4/c1-12(2)16-9(10(8-13)17-12)6-4-3-5-7-11(14)15/h5,7,9-10H,3-4,6,8H2,1-2H3,(H,14,15)/b7-5+/t9-,10-/m0/s1. The van der Waals surface area contributed by atoms with Gasteiger partial charge in [0.25, 0.3) is 0 Å². The fourth-order valence-electron chi connectivity index (χ4n) is 1.91. The van der Waals surface area contributed by atoms with Gasteiger partial charge in [-0.2, -0.15) is 0 Å². The number of alkyl halides is 1. The lowest BCUT2D eigenvalue weighted by Gasteiger charge is -2.16. The highest BCUT2D eigenvalue weighted by Gasteiger charge is 2.39. The summed E-state index contributed by atoms with van der Waals surface area (Å²) in [5.41, 5.74) is 0. The van der Waals surface area contributed by atoms with Crippen LogP contribution in [0.25, 0.3) is 0 Å². The summed E-state index contributed by atoms with van der Waals surface area (Å²) in [6.45, 7) is 3.85. The molecule has 1 aliphatic rings. The van der Waals surface area contributed by atoms with Crippen molar-refractivity contribution < 1.29 is 19.4 Å². The number of halogens is 1. The largest absolute Gasteiger partial charge is 0.478 e. The second-order valence-electron chi connectivity index (χ2n) is 4.54. The molecule has 5 heteroatoms. The molecular formula is C12H19IO4. The topological polar surface area (TPSA) is 55.8 Å². The Morgan fingerprint density at radius 3 is 2.65 bits per heavy atom. The van der Waals surface area contributed by atoms with Gasteiger partial charge in [-0.1, -0.05) is 28.7 Å². The molecule has 2 atom stereocenters. The van der Waals surface area contributed by atoms with Crippen molar-refractivity contribution >= 4 is 28.6 Å². The highest BCUT2D eigenvalue weighted by Crippen LogP contribution is 2.31. The molecule has 1 heterocycles. The lowest BCUT2D eigenvalue weighted by Crippen LogP contribution is -2.23. The van der Waals surface area contributed by atoms with Gasteiger partial charge >= 0.3 is 5.97 Å². The maximum atomic E-state index is 10.3. The van der Waals surface area contributed by atoms with Crippen LogP contribution in [0.2, 0.25) is 0 Å². The number of allylic oxidation sites excluding steroid dienone is 1. The third-order valence-corrected chi connectivity index (χ3v) is 3.43. The zero-order valence-electron chi connectivity index (χ0n) is 10.2. The minimum Gasteiger partial charge on any atom is -0.478 e. The molecule has 1 N–H and O–H groups in total. The molecule has 1 rings (SSSR count). The van der Waals surface area contributed by atoms with E-state index in [1.54, 1.807) is 6.08 Å². The molecule has 4 nitrogen and oxygen atoms in total. The van der Waals surface area contributed by atoms with Crippen LogP contribution in [-0.2, 0) is 14.3 Å². The molecule has 0 radical (unpaired) electrons. The predicted octanol–water partition coefficient (Wildman–Crippen LogP) is 2.75. The summed E-state index contributed by atoms with van der Waals surface area (Å²) in [5, 5.41) is 8.44. The summed E-state index contributed by atoms with van der Waals surface area (Å²) in [7, 11) is 0. The van der Waals surface area contributed by atoms with E-state index in [2.05, 4.69) is 22.6 Å². The van der Waals surface area contributed by atoms with Crippen molar-refractivity contribution in [2.45, 2.75) is 51.1 Å². The third kappa shape index (κ3) is 5.35. The van der Waals surface area contributed by atoms with Gasteiger partial charge in [-0.25, -0.2) is 4.79 Å². The van der Waals surface area contributed by atoms with E-state index in [9.17, 15) is 4.79 Å². The van der Waals surface area contributed by atoms with E-state index in [0.29, 0.717) is 0 Å². The van der Waals surface area contributed by atoms with E-state index in [-0.39, 0.29) is 12.2 Å². The molecule has 0 amide bonds. The van der Waals surface area contributed by atoms with E-state index in [0.717, 1.165) is 23.7 Å². The molecule has 98 valence electrons. The predicted molar refractivity (Wildman–Crippen MR) is 73.3 cm³/mol. The fourth-order valence-corrected chi connectivity index (χ4v) is 2.65. The molecule has 0 aliphatic carbocycles. The molecule has 1 aliphatic heterocycles. The molecule has 1 fully saturated rings. The zero-order chi connectivity index (χ0) is 12.9. The minimum absolute atomic E-state index is 0.125. The van der Waals surface area contributed by atoms with Gasteiger partial charge in [-0.05, 0) is 33.1 Å². The minimum atomic E-state index is -0.892. The van der Waals surface area contributed by atoms with Gasteiger partial charge in [0.15, 0.2) is 5.79 Å². The Labute approximate surface area is 116 Å². The van der Waals surface area contributed by atoms with E-state index in [1.807, 2.05) is 13.8 Å². The second kappa shape index (κ2) is 6.70. The SMILES string of the molecule is CC1(C)O[C@@H](CI)[C@H](CCC/C=C/C(=O)O)O1. The lowest BCUT2D eigenvalue weighted by molar-refractivity contribution is -0.144. The molecule has 0 unspecified atom stereocenters. The van der Waals surface area contributed by atoms with Crippen molar-refractivity contribution in [1.29, 1.82) is 0 Å². The van der Waals surface area contributed by atoms with E-state index < -0.39 is 11.8 Å². The summed E-state index contributed by atoms with van der Waals surface area (Å²) < 4.78 is 12.5. The smallest absolute Gasteiger partial charge is 0.327 e. The van der Waals surface area contributed by atoms with E-state index in [1.165, 1.54) is 6.08 Å². The van der Waals surface area contributed by atoms with Gasteiger partial charge in [0.2, 0.25) is 0 Å². The number of hydrogen-bond donors (Lipinski definition) is 1. The van der Waals surface area contributed by atoms with Gasteiger partial charge in [0.05, 0.1) is 12.2 Å². The highest BCUT2D eigenvalue weighted by atomic mass is 127. The van der Waals surface area contributed by atoms with Crippen LogP contribution in [0.5, 0.6) is 0 Å². The van der Waals surface area contributed by atoms with Gasteiger partial charge < -0.3 is 14.6 Å². The Morgan fingerprint density at radius 1 is 1.41 bits per heavy atom. The van der Waals surface area contributed by atoms with Gasteiger partial charge in [-0.15, -0.1) is 0 Å². The van der Waals surface area contributed by atoms with Crippen molar-refractivity contribution in [2.24, 2.45) is 0 Å². The first-order valence-electron chi connectivity index (χ1n) is 5.75. The van der Waals surface area contributed by atoms with Crippen molar-refractivity contribution in [3.8, 4) is 0 Å². The van der Waals surface area contributed by atoms with Crippen molar-refractivity contribution in [2.75, 3.05) is 4.43 Å². The number of carboxylic acids is 1. The number of ether oxygens (including phenoxy) is 2. The molecule has 1 saturated heterocycles. The highest BCUT2D eigenvalue weighted by molar-refractivity contribution is 14.1. The maximum Gasteiger partial charge on any atom is 0.327 e. The van der Waals surface area contributed by atoms with E-state index in [4.69, 9.17) is 14.6 Å². The van der Waals surface area contributed by atoms with Crippen LogP contribution in [-0.4, -0.2) is 33.5 Å². The van der Waals surface area contributed by atoms with Crippen molar-refractivity contribution in [1.82, 2.24) is 0 Å². The molecule has 17 heavy (non-hydrogen) atoms. The number of carboxylic acid groups (broad SMARTS) is 1. The Balaban J connectivity index is 2.29. The normalized spacial score (nSPS) is 27.7. The first-order chi connectivity index (χ1) is 7.94. The average molecular weight is 354 g/mol. The Hall–Kier alpha value is -0.140. The van der Waals surface area contributed by atoms with Crippen LogP contribution in [0.15, 0.2) is 12.2 Å². The molecule has 0 aromatic rings. The monoisotopic (exact) mass is 354 g/mol. The zero-order valence-corrected chi connectivity index (χ0v) is 12.3. The van der Waals surface area contributed by atoms with Crippen LogP contribution in [0, 0.1) is 0 Å². The Kier molecular flexibility index (Phi) is 5.88. The van der Waals surface area contributed by atoms with Crippen molar-refractivity contribution in [3.05, 3.63) is 12.2 Å². The lowest BCUT2D eigenvalue weighted by atomic mass is 10.1. The number of aliphatic carboxylic acids is 1. The first kappa shape index (κ1) is 14.9. The quantitative estimate of drug-likeness (QED) is 0.345. The summed E-state index contributed by atoms with van der Waals surface area (Å²) in [6.07, 6.45) is 5.73. The molecule has 0 spiro atoms. The number of rotatable bonds is 6. The summed E-state index contributed by atoms with van der Waals surface area (Å²) >= 11 is 2.30. The van der Waals surface area contributed by atoms with Crippen LogP contribution in [0.4, 0.5) is 0 Å². The van der Waals surface area contributed by atoms with Gasteiger partial charge in [0, 0.05) is 10.5 Å². The van der Waals surface area contributed by atoms with Crippen LogP contribution >= 0.6 is 22.6 Å². The molecule has 0 aromatic heterocycles. The number of unbranched alkanes of at least 4 members (excludes halogenated alkanes) is 1. The second-order valence-corrected chi connectivity index (χ2v) is 5.42. The Morgan fingerprint density at radius 2 is 2.06 bits per heavy atom. The van der Waals surface area contributed by atoms with Gasteiger partial charge in [-0.3, -0.25) is 0 Å². The van der Waals surface area contributed by atoms with Crippen LogP contribution in [0.1, 0.15) is 33.1 Å². The number of carbonyl (C=O) groups is 1. The van der Waals surface area contributed by atoms with Crippen molar-refractivity contribution in [3.63, 3.8) is 0 Å². The average Bonchev–Trinajstić information content (AvgIpc) is 2.52. The van der Waals surface area contributed by atoms with Crippen LogP contribution in [0.3, 0.4) is 0 Å². The third-order valence-electron chi connectivity index (χ3n) is 2.56. The summed E-state index contributed by atoms with van der Waals surface area (Å²) in [4.78, 5) is 10.3. The Bertz CT molecular complexity index is 288. The summed E-state index contributed by atoms with van der Waals surface area (Å²) in [6, 6.07) is 0. The van der Waals surface area contributed by atoms with Gasteiger partial charge in [0.1, 0.15) is 0 Å². The first-order valence-corrected chi connectivity index (χ1v) is 7.28. The molecule has 0 aromatic carbocycles. The molecule has 0 bridgehead atoms.